The van der Waals surface area contributed by atoms with Gasteiger partial charge in [-0.15, -0.1) is 0 Å². The first-order chi connectivity index (χ1) is 12.5. The van der Waals surface area contributed by atoms with Gasteiger partial charge in [-0.05, 0) is 60.2 Å². The molecule has 1 aliphatic rings. The van der Waals surface area contributed by atoms with Crippen LogP contribution in [0.1, 0.15) is 37.7 Å². The summed E-state index contributed by atoms with van der Waals surface area (Å²) in [6.07, 6.45) is 4.49. The van der Waals surface area contributed by atoms with Crippen molar-refractivity contribution in [3.8, 4) is 11.1 Å². The number of hydrogen-bond acceptors (Lipinski definition) is 0. The van der Waals surface area contributed by atoms with E-state index >= 15 is 0 Å². The van der Waals surface area contributed by atoms with Crippen molar-refractivity contribution in [2.24, 2.45) is 5.92 Å². The molecule has 0 amide bonds. The second-order valence-electron chi connectivity index (χ2n) is 7.32. The summed E-state index contributed by atoms with van der Waals surface area (Å²) in [5, 5.41) is 1.14. The Morgan fingerprint density at radius 1 is 0.846 bits per heavy atom. The van der Waals surface area contributed by atoms with Crippen LogP contribution in [0.25, 0.3) is 22.0 Å². The van der Waals surface area contributed by atoms with Crippen LogP contribution in [0.5, 0.6) is 0 Å². The van der Waals surface area contributed by atoms with Gasteiger partial charge in [-0.3, -0.25) is 0 Å². The Morgan fingerprint density at radius 2 is 1.54 bits per heavy atom. The molecular formula is C22H22F3N. The molecule has 0 spiro atoms. The zero-order chi connectivity index (χ0) is 18.1. The van der Waals surface area contributed by atoms with Gasteiger partial charge in [-0.2, -0.15) is 13.2 Å². The third-order valence-corrected chi connectivity index (χ3v) is 5.50. The normalized spacial score (nSPS) is 16.3. The Morgan fingerprint density at radius 3 is 2.23 bits per heavy atom. The maximum atomic E-state index is 12.7. The van der Waals surface area contributed by atoms with Gasteiger partial charge < -0.3 is 4.57 Å². The van der Waals surface area contributed by atoms with Gasteiger partial charge in [0.2, 0.25) is 0 Å². The summed E-state index contributed by atoms with van der Waals surface area (Å²) in [6, 6.07) is 13.6. The molecular weight excluding hydrogens is 335 g/mol. The lowest BCUT2D eigenvalue weighted by Gasteiger charge is -2.22. The summed E-state index contributed by atoms with van der Waals surface area (Å²) < 4.78 is 40.5. The van der Waals surface area contributed by atoms with Gasteiger partial charge in [-0.1, -0.05) is 37.5 Å². The maximum Gasteiger partial charge on any atom is 0.416 e. The standard InChI is InChI=1S/C22H22F3N/c23-22(24,25)20-9-6-17(7-10-20)18-8-11-21-19(14-18)12-13-26(21)15-16-4-2-1-3-5-16/h6-14,16H,1-5,15H2. The quantitative estimate of drug-likeness (QED) is 0.480. The van der Waals surface area contributed by atoms with E-state index in [1.165, 1.54) is 37.6 Å². The average molecular weight is 357 g/mol. The summed E-state index contributed by atoms with van der Waals surface area (Å²) in [5.41, 5.74) is 2.34. The Kier molecular flexibility index (Phi) is 4.51. The molecule has 0 aliphatic heterocycles. The average Bonchev–Trinajstić information content (AvgIpc) is 3.04. The fraction of sp³-hybridized carbons (Fsp3) is 0.364. The van der Waals surface area contributed by atoms with Gasteiger partial charge in [0.05, 0.1) is 5.56 Å². The van der Waals surface area contributed by atoms with Crippen LogP contribution in [-0.2, 0) is 12.7 Å². The van der Waals surface area contributed by atoms with E-state index in [4.69, 9.17) is 0 Å². The molecule has 1 fully saturated rings. The van der Waals surface area contributed by atoms with E-state index in [0.29, 0.717) is 0 Å². The van der Waals surface area contributed by atoms with Gasteiger partial charge in [-0.25, -0.2) is 0 Å². The van der Waals surface area contributed by atoms with Gasteiger partial charge in [0, 0.05) is 23.6 Å². The van der Waals surface area contributed by atoms with Crippen LogP contribution >= 0.6 is 0 Å². The van der Waals surface area contributed by atoms with Crippen LogP contribution in [0.3, 0.4) is 0 Å². The van der Waals surface area contributed by atoms with E-state index in [9.17, 15) is 13.2 Å². The van der Waals surface area contributed by atoms with Crippen molar-refractivity contribution in [1.82, 2.24) is 4.57 Å². The SMILES string of the molecule is FC(F)(F)c1ccc(-c2ccc3c(ccn3CC3CCCCC3)c2)cc1. The van der Waals surface area contributed by atoms with Crippen molar-refractivity contribution >= 4 is 10.9 Å². The molecule has 1 heterocycles. The third-order valence-electron chi connectivity index (χ3n) is 5.50. The number of rotatable bonds is 3. The van der Waals surface area contributed by atoms with E-state index in [2.05, 4.69) is 29.0 Å². The Hall–Kier alpha value is -2.23. The summed E-state index contributed by atoms with van der Waals surface area (Å²) in [4.78, 5) is 0. The summed E-state index contributed by atoms with van der Waals surface area (Å²) >= 11 is 0. The lowest BCUT2D eigenvalue weighted by atomic mass is 9.89. The molecule has 1 saturated carbocycles. The minimum Gasteiger partial charge on any atom is -0.347 e. The molecule has 2 aromatic carbocycles. The maximum absolute atomic E-state index is 12.7. The molecule has 4 heteroatoms. The molecule has 4 rings (SSSR count). The van der Waals surface area contributed by atoms with Crippen LogP contribution in [-0.4, -0.2) is 4.57 Å². The molecule has 136 valence electrons. The van der Waals surface area contributed by atoms with Crippen LogP contribution < -0.4 is 0 Å². The number of nitrogens with zero attached hydrogens (tertiary/aromatic N) is 1. The molecule has 1 aromatic heterocycles. The third kappa shape index (κ3) is 3.50. The first-order valence-electron chi connectivity index (χ1n) is 9.27. The lowest BCUT2D eigenvalue weighted by Crippen LogP contribution is -2.13. The van der Waals surface area contributed by atoms with Crippen molar-refractivity contribution in [2.45, 2.75) is 44.8 Å². The first-order valence-corrected chi connectivity index (χ1v) is 9.27. The fourth-order valence-corrected chi connectivity index (χ4v) is 4.04. The minimum atomic E-state index is -4.29. The summed E-state index contributed by atoms with van der Waals surface area (Å²) in [7, 11) is 0. The lowest BCUT2D eigenvalue weighted by molar-refractivity contribution is -0.137. The largest absolute Gasteiger partial charge is 0.416 e. The summed E-state index contributed by atoms with van der Waals surface area (Å²) in [6.45, 7) is 1.06. The molecule has 0 atom stereocenters. The van der Waals surface area contributed by atoms with E-state index in [1.54, 1.807) is 12.1 Å². The zero-order valence-electron chi connectivity index (χ0n) is 14.6. The number of halogens is 3. The summed E-state index contributed by atoms with van der Waals surface area (Å²) in [5.74, 6) is 0.758. The fourth-order valence-electron chi connectivity index (χ4n) is 4.04. The van der Waals surface area contributed by atoms with Crippen molar-refractivity contribution in [3.63, 3.8) is 0 Å². The van der Waals surface area contributed by atoms with Crippen LogP contribution in [0, 0.1) is 5.92 Å². The van der Waals surface area contributed by atoms with E-state index in [1.807, 2.05) is 6.07 Å². The Bertz CT molecular complexity index is 884. The second kappa shape index (κ2) is 6.82. The van der Waals surface area contributed by atoms with Crippen molar-refractivity contribution in [2.75, 3.05) is 0 Å². The molecule has 0 bridgehead atoms. The number of aromatic nitrogens is 1. The van der Waals surface area contributed by atoms with Gasteiger partial charge >= 0.3 is 6.18 Å². The predicted octanol–water partition coefficient (Wildman–Crippen LogP) is 6.91. The first kappa shape index (κ1) is 17.2. The van der Waals surface area contributed by atoms with Crippen LogP contribution in [0.4, 0.5) is 13.2 Å². The van der Waals surface area contributed by atoms with Crippen LogP contribution in [0.15, 0.2) is 54.7 Å². The zero-order valence-corrected chi connectivity index (χ0v) is 14.6. The molecule has 0 N–H and O–H groups in total. The highest BCUT2D eigenvalue weighted by Gasteiger charge is 2.29. The smallest absolute Gasteiger partial charge is 0.347 e. The van der Waals surface area contributed by atoms with Crippen molar-refractivity contribution in [1.29, 1.82) is 0 Å². The second-order valence-corrected chi connectivity index (χ2v) is 7.32. The number of hydrogen-bond donors (Lipinski definition) is 0. The highest BCUT2D eigenvalue weighted by molar-refractivity contribution is 5.85. The minimum absolute atomic E-state index is 0.610. The Balaban J connectivity index is 1.58. The molecule has 0 radical (unpaired) electrons. The number of alkyl halides is 3. The molecule has 1 nitrogen and oxygen atoms in total. The molecule has 0 unspecified atom stereocenters. The van der Waals surface area contributed by atoms with Gasteiger partial charge in [0.1, 0.15) is 0 Å². The van der Waals surface area contributed by atoms with Gasteiger partial charge in [0.15, 0.2) is 0 Å². The monoisotopic (exact) mass is 357 g/mol. The number of fused-ring (bicyclic) bond motifs is 1. The van der Waals surface area contributed by atoms with E-state index in [0.717, 1.165) is 41.1 Å². The van der Waals surface area contributed by atoms with Crippen molar-refractivity contribution in [3.05, 3.63) is 60.3 Å². The molecule has 1 aliphatic carbocycles. The Labute approximate surface area is 151 Å². The number of benzene rings is 2. The topological polar surface area (TPSA) is 4.93 Å². The van der Waals surface area contributed by atoms with Crippen LogP contribution in [0.2, 0.25) is 0 Å². The van der Waals surface area contributed by atoms with E-state index < -0.39 is 11.7 Å². The molecule has 3 aromatic rings. The predicted molar refractivity (Wildman–Crippen MR) is 99.0 cm³/mol. The van der Waals surface area contributed by atoms with E-state index in [-0.39, 0.29) is 0 Å². The molecule has 26 heavy (non-hydrogen) atoms. The highest BCUT2D eigenvalue weighted by Crippen LogP contribution is 2.32. The van der Waals surface area contributed by atoms with Crippen molar-refractivity contribution < 1.29 is 13.2 Å². The van der Waals surface area contributed by atoms with Gasteiger partial charge in [0.25, 0.3) is 0 Å². The molecule has 0 saturated heterocycles. The highest BCUT2D eigenvalue weighted by atomic mass is 19.4.